The smallest absolute Gasteiger partial charge is 0.294 e. The van der Waals surface area contributed by atoms with Crippen LogP contribution in [0.2, 0.25) is 0 Å². The van der Waals surface area contributed by atoms with E-state index in [1.807, 2.05) is 6.07 Å². The van der Waals surface area contributed by atoms with Gasteiger partial charge in [0.05, 0.1) is 11.2 Å². The lowest BCUT2D eigenvalue weighted by molar-refractivity contribution is -0.138. The molecule has 5 heterocycles. The molecule has 30 heavy (non-hydrogen) atoms. The zero-order valence-electron chi connectivity index (χ0n) is 16.0. The summed E-state index contributed by atoms with van der Waals surface area (Å²) in [6.07, 6.45) is 3.93. The maximum Gasteiger partial charge on any atom is 0.294 e. The van der Waals surface area contributed by atoms with Crippen LogP contribution in [0, 0.1) is 5.92 Å². The number of hydrogen-bond acceptors (Lipinski definition) is 6. The fourth-order valence-electron chi connectivity index (χ4n) is 4.47. The van der Waals surface area contributed by atoms with Gasteiger partial charge in [0.1, 0.15) is 12.3 Å². The fourth-order valence-corrected chi connectivity index (χ4v) is 5.29. The summed E-state index contributed by atoms with van der Waals surface area (Å²) >= 11 is 0.807. The Bertz CT molecular complexity index is 1120. The number of carbonyl (C=O) groups is 3. The molecule has 0 aliphatic carbocycles. The lowest BCUT2D eigenvalue weighted by Gasteiger charge is -2.43. The van der Waals surface area contributed by atoms with E-state index in [2.05, 4.69) is 0 Å². The zero-order chi connectivity index (χ0) is 20.8. The second kappa shape index (κ2) is 7.32. The molecule has 3 amide bonds. The van der Waals surface area contributed by atoms with Gasteiger partial charge in [-0.2, -0.15) is 0 Å². The third-order valence-corrected chi connectivity index (χ3v) is 6.72. The van der Waals surface area contributed by atoms with Crippen LogP contribution in [0.15, 0.2) is 50.7 Å². The Kier molecular flexibility index (Phi) is 4.62. The van der Waals surface area contributed by atoms with Gasteiger partial charge in [-0.25, -0.2) is 0 Å². The maximum atomic E-state index is 12.9. The first-order valence-corrected chi connectivity index (χ1v) is 10.6. The molecule has 0 saturated carbocycles. The molecule has 2 bridgehead atoms. The third kappa shape index (κ3) is 3.28. The van der Waals surface area contributed by atoms with E-state index < -0.39 is 11.1 Å². The van der Waals surface area contributed by atoms with Gasteiger partial charge >= 0.3 is 0 Å². The number of nitrogens with zero attached hydrogens (tertiary/aromatic N) is 3. The second-order valence-corrected chi connectivity index (χ2v) is 8.77. The largest absolute Gasteiger partial charge is 0.465 e. The van der Waals surface area contributed by atoms with Crippen molar-refractivity contribution in [2.75, 3.05) is 19.6 Å². The predicted octanol–water partition coefficient (Wildman–Crippen LogP) is 2.12. The molecule has 0 aromatic carbocycles. The highest BCUT2D eigenvalue weighted by molar-refractivity contribution is 8.18. The van der Waals surface area contributed by atoms with Gasteiger partial charge in [0.25, 0.3) is 16.7 Å². The van der Waals surface area contributed by atoms with Crippen LogP contribution in [-0.4, -0.2) is 51.1 Å². The number of likely N-dealkylation sites (tertiary alicyclic amines) is 1. The number of imide groups is 1. The van der Waals surface area contributed by atoms with Crippen LogP contribution < -0.4 is 5.56 Å². The summed E-state index contributed by atoms with van der Waals surface area (Å²) in [4.78, 5) is 53.0. The molecular formula is C21H19N3O5S. The van der Waals surface area contributed by atoms with E-state index in [0.29, 0.717) is 25.4 Å². The molecule has 5 rings (SSSR count). The molecule has 3 aliphatic heterocycles. The minimum absolute atomic E-state index is 0.0110. The number of hydrogen-bond donors (Lipinski definition) is 0. The van der Waals surface area contributed by atoms with Gasteiger partial charge in [0, 0.05) is 43.4 Å². The molecule has 154 valence electrons. The average Bonchev–Trinajstić information content (AvgIpc) is 3.33. The van der Waals surface area contributed by atoms with Crippen LogP contribution >= 0.6 is 11.8 Å². The van der Waals surface area contributed by atoms with Crippen molar-refractivity contribution >= 4 is 34.9 Å². The maximum absolute atomic E-state index is 12.9. The summed E-state index contributed by atoms with van der Waals surface area (Å²) in [6.45, 7) is 1.32. The topological polar surface area (TPSA) is 92.8 Å². The monoisotopic (exact) mass is 425 g/mol. The van der Waals surface area contributed by atoms with Gasteiger partial charge in [-0.1, -0.05) is 6.07 Å². The highest BCUT2D eigenvalue weighted by Crippen LogP contribution is 2.36. The molecule has 2 atom stereocenters. The summed E-state index contributed by atoms with van der Waals surface area (Å²) in [6, 6.07) is 8.63. The number of carbonyl (C=O) groups excluding carboxylic acids is 3. The first-order valence-electron chi connectivity index (χ1n) is 9.76. The Morgan fingerprint density at radius 1 is 1.13 bits per heavy atom. The molecule has 2 fully saturated rings. The number of fused-ring (bicyclic) bond motifs is 4. The normalized spacial score (nSPS) is 24.5. The van der Waals surface area contributed by atoms with Crippen LogP contribution in [0.5, 0.6) is 0 Å². The Balaban J connectivity index is 1.30. The van der Waals surface area contributed by atoms with E-state index in [0.717, 1.165) is 28.8 Å². The summed E-state index contributed by atoms with van der Waals surface area (Å²) in [7, 11) is 0. The first kappa shape index (κ1) is 18.9. The SMILES string of the molecule is O=C(CN1C(=O)S/C(=C\c2ccco2)C1=O)N1CC2CC(C1)c1cccc(=O)n1C2. The van der Waals surface area contributed by atoms with Gasteiger partial charge in [0.15, 0.2) is 0 Å². The quantitative estimate of drug-likeness (QED) is 0.700. The van der Waals surface area contributed by atoms with Gasteiger partial charge in [-0.05, 0) is 42.3 Å². The van der Waals surface area contributed by atoms with Gasteiger partial charge < -0.3 is 13.9 Å². The molecule has 0 radical (unpaired) electrons. The number of aromatic nitrogens is 1. The fraction of sp³-hybridized carbons (Fsp3) is 0.333. The van der Waals surface area contributed by atoms with E-state index in [4.69, 9.17) is 4.42 Å². The number of furan rings is 1. The number of piperidine rings is 1. The molecule has 2 aromatic heterocycles. The van der Waals surface area contributed by atoms with Gasteiger partial charge in [-0.15, -0.1) is 0 Å². The van der Waals surface area contributed by atoms with E-state index in [1.165, 1.54) is 12.3 Å². The van der Waals surface area contributed by atoms with Gasteiger partial charge in [-0.3, -0.25) is 24.1 Å². The lowest BCUT2D eigenvalue weighted by Crippen LogP contribution is -2.51. The summed E-state index contributed by atoms with van der Waals surface area (Å²) in [5, 5.41) is -0.458. The van der Waals surface area contributed by atoms with Crippen molar-refractivity contribution in [3.05, 3.63) is 63.3 Å². The summed E-state index contributed by atoms with van der Waals surface area (Å²) in [5.41, 5.74) is 0.937. The van der Waals surface area contributed by atoms with Crippen molar-refractivity contribution < 1.29 is 18.8 Å². The molecule has 0 N–H and O–H groups in total. The molecule has 3 aliphatic rings. The van der Waals surface area contributed by atoms with E-state index in [-0.39, 0.29) is 34.8 Å². The van der Waals surface area contributed by atoms with Crippen LogP contribution in [-0.2, 0) is 16.1 Å². The highest BCUT2D eigenvalue weighted by Gasteiger charge is 2.40. The summed E-state index contributed by atoms with van der Waals surface area (Å²) in [5.74, 6) is 0.0181. The first-order chi connectivity index (χ1) is 14.5. The number of thioether (sulfide) groups is 1. The molecule has 8 nitrogen and oxygen atoms in total. The number of amides is 3. The van der Waals surface area contributed by atoms with E-state index in [1.54, 1.807) is 33.7 Å². The summed E-state index contributed by atoms with van der Waals surface area (Å²) < 4.78 is 7.00. The molecule has 2 saturated heterocycles. The standard InChI is InChI=1S/C21H19N3O5S/c25-18-5-1-4-16-14-7-13(10-23(16)18)9-22(11-14)19(26)12-24-20(27)17(30-21(24)28)8-15-3-2-6-29-15/h1-6,8,13-14H,7,9-12H2/b17-8-. The minimum Gasteiger partial charge on any atom is -0.465 e. The van der Waals surface area contributed by atoms with Crippen LogP contribution in [0.4, 0.5) is 4.79 Å². The van der Waals surface area contributed by atoms with Crippen molar-refractivity contribution in [3.63, 3.8) is 0 Å². The molecule has 2 aromatic rings. The molecular weight excluding hydrogens is 406 g/mol. The predicted molar refractivity (Wildman–Crippen MR) is 110 cm³/mol. The second-order valence-electron chi connectivity index (χ2n) is 7.78. The Hall–Kier alpha value is -3.07. The van der Waals surface area contributed by atoms with E-state index in [9.17, 15) is 19.2 Å². The van der Waals surface area contributed by atoms with Crippen molar-refractivity contribution in [2.24, 2.45) is 5.92 Å². The van der Waals surface area contributed by atoms with Crippen LogP contribution in [0.1, 0.15) is 23.8 Å². The zero-order valence-corrected chi connectivity index (χ0v) is 16.8. The number of rotatable bonds is 3. The molecule has 9 heteroatoms. The van der Waals surface area contributed by atoms with E-state index >= 15 is 0 Å². The Labute approximate surface area is 176 Å². The molecule has 2 unspecified atom stereocenters. The lowest BCUT2D eigenvalue weighted by atomic mass is 9.83. The van der Waals surface area contributed by atoms with Crippen molar-refractivity contribution in [3.8, 4) is 0 Å². The highest BCUT2D eigenvalue weighted by atomic mass is 32.2. The van der Waals surface area contributed by atoms with Crippen LogP contribution in [0.3, 0.4) is 0 Å². The van der Waals surface area contributed by atoms with Crippen molar-refractivity contribution in [1.82, 2.24) is 14.4 Å². The van der Waals surface area contributed by atoms with Gasteiger partial charge in [0.2, 0.25) is 5.91 Å². The number of pyridine rings is 1. The average molecular weight is 425 g/mol. The third-order valence-electron chi connectivity index (χ3n) is 5.82. The minimum atomic E-state index is -0.483. The van der Waals surface area contributed by atoms with Crippen LogP contribution in [0.25, 0.3) is 6.08 Å². The van der Waals surface area contributed by atoms with Crippen molar-refractivity contribution in [1.29, 1.82) is 0 Å². The van der Waals surface area contributed by atoms with Crippen molar-refractivity contribution in [2.45, 2.75) is 18.9 Å². The Morgan fingerprint density at radius 3 is 2.80 bits per heavy atom. The molecule has 0 spiro atoms. The Morgan fingerprint density at radius 2 is 2.00 bits per heavy atom.